The van der Waals surface area contributed by atoms with Gasteiger partial charge in [0.1, 0.15) is 0 Å². The first-order chi connectivity index (χ1) is 7.29. The highest BCUT2D eigenvalue weighted by molar-refractivity contribution is 5.79. The molecule has 1 saturated heterocycles. The second-order valence-corrected chi connectivity index (χ2v) is 4.31. The lowest BCUT2D eigenvalue weighted by atomic mass is 10.3. The molecule has 0 aromatic rings. The Morgan fingerprint density at radius 3 is 3.00 bits per heavy atom. The summed E-state index contributed by atoms with van der Waals surface area (Å²) in [4.78, 5) is 6.75. The zero-order valence-electron chi connectivity index (χ0n) is 9.28. The van der Waals surface area contributed by atoms with Gasteiger partial charge in [-0.3, -0.25) is 5.43 Å². The third-order valence-corrected chi connectivity index (χ3v) is 2.73. The standard InChI is InChI=1S/C10H20N4O/c1-8-7-14(5-2-6-15-8)10(13-11)12-9-3-4-9/h8-9H,2-7,11H2,1H3,(H,12,13). The Bertz CT molecular complexity index is 240. The predicted octanol–water partition coefficient (Wildman–Crippen LogP) is 0.0789. The number of nitrogens with two attached hydrogens (primary N) is 1. The molecule has 0 amide bonds. The van der Waals surface area contributed by atoms with Crippen LogP contribution in [0.15, 0.2) is 4.99 Å². The Labute approximate surface area is 90.6 Å². The molecule has 1 atom stereocenters. The number of hydrogen-bond acceptors (Lipinski definition) is 3. The quantitative estimate of drug-likeness (QED) is 0.280. The zero-order chi connectivity index (χ0) is 10.7. The smallest absolute Gasteiger partial charge is 0.208 e. The van der Waals surface area contributed by atoms with E-state index in [1.807, 2.05) is 0 Å². The third kappa shape index (κ3) is 3.07. The van der Waals surface area contributed by atoms with Crippen molar-refractivity contribution in [2.45, 2.75) is 38.3 Å². The van der Waals surface area contributed by atoms with E-state index in [4.69, 9.17) is 10.6 Å². The Kier molecular flexibility index (Phi) is 3.43. The van der Waals surface area contributed by atoms with Crippen molar-refractivity contribution in [2.24, 2.45) is 10.8 Å². The molecule has 0 bridgehead atoms. The molecule has 2 aliphatic rings. The first-order valence-corrected chi connectivity index (χ1v) is 5.70. The number of nitrogens with one attached hydrogen (secondary N) is 1. The van der Waals surface area contributed by atoms with Gasteiger partial charge in [-0.15, -0.1) is 0 Å². The summed E-state index contributed by atoms with van der Waals surface area (Å²) in [5.74, 6) is 6.34. The van der Waals surface area contributed by atoms with E-state index in [9.17, 15) is 0 Å². The first-order valence-electron chi connectivity index (χ1n) is 5.70. The molecule has 0 aromatic heterocycles. The lowest BCUT2D eigenvalue weighted by molar-refractivity contribution is 0.0740. The lowest BCUT2D eigenvalue weighted by Gasteiger charge is -2.25. The van der Waals surface area contributed by atoms with Gasteiger partial charge in [0.25, 0.3) is 0 Å². The molecule has 3 N–H and O–H groups in total. The summed E-state index contributed by atoms with van der Waals surface area (Å²) in [6.45, 7) is 4.76. The second kappa shape index (κ2) is 4.81. The molecule has 0 spiro atoms. The fourth-order valence-corrected chi connectivity index (χ4v) is 1.77. The van der Waals surface area contributed by atoms with Crippen LogP contribution in [0.2, 0.25) is 0 Å². The fourth-order valence-electron chi connectivity index (χ4n) is 1.77. The number of rotatable bonds is 1. The van der Waals surface area contributed by atoms with E-state index < -0.39 is 0 Å². The largest absolute Gasteiger partial charge is 0.377 e. The van der Waals surface area contributed by atoms with Crippen molar-refractivity contribution < 1.29 is 4.74 Å². The molecule has 86 valence electrons. The van der Waals surface area contributed by atoms with E-state index in [0.717, 1.165) is 32.1 Å². The second-order valence-electron chi connectivity index (χ2n) is 4.31. The van der Waals surface area contributed by atoms with Gasteiger partial charge in [-0.05, 0) is 26.2 Å². The number of ether oxygens (including phenoxy) is 1. The summed E-state index contributed by atoms with van der Waals surface area (Å²) < 4.78 is 5.58. The molecule has 1 heterocycles. The molecular formula is C10H20N4O. The van der Waals surface area contributed by atoms with Crippen LogP contribution >= 0.6 is 0 Å². The molecule has 15 heavy (non-hydrogen) atoms. The molecule has 1 saturated carbocycles. The molecular weight excluding hydrogens is 192 g/mol. The Balaban J connectivity index is 1.98. The molecule has 0 aromatic carbocycles. The third-order valence-electron chi connectivity index (χ3n) is 2.73. The Morgan fingerprint density at radius 1 is 1.53 bits per heavy atom. The number of guanidine groups is 1. The summed E-state index contributed by atoms with van der Waals surface area (Å²) in [6.07, 6.45) is 3.69. The molecule has 2 fully saturated rings. The molecule has 0 radical (unpaired) electrons. The number of hydrazine groups is 1. The van der Waals surface area contributed by atoms with E-state index in [1.165, 1.54) is 12.8 Å². The van der Waals surface area contributed by atoms with Crippen molar-refractivity contribution in [3.05, 3.63) is 0 Å². The van der Waals surface area contributed by atoms with Crippen LogP contribution in [0.25, 0.3) is 0 Å². The monoisotopic (exact) mass is 212 g/mol. The highest BCUT2D eigenvalue weighted by Gasteiger charge is 2.24. The minimum Gasteiger partial charge on any atom is -0.377 e. The van der Waals surface area contributed by atoms with E-state index in [-0.39, 0.29) is 6.10 Å². The maximum atomic E-state index is 5.58. The van der Waals surface area contributed by atoms with Crippen LogP contribution in [0.1, 0.15) is 26.2 Å². The minimum atomic E-state index is 0.255. The van der Waals surface area contributed by atoms with E-state index >= 15 is 0 Å². The molecule has 2 rings (SSSR count). The van der Waals surface area contributed by atoms with Gasteiger partial charge >= 0.3 is 0 Å². The van der Waals surface area contributed by atoms with Crippen molar-refractivity contribution in [3.63, 3.8) is 0 Å². The van der Waals surface area contributed by atoms with Gasteiger partial charge < -0.3 is 9.64 Å². The molecule has 1 aliphatic heterocycles. The number of aliphatic imine (C=N–C) groups is 1. The van der Waals surface area contributed by atoms with Crippen molar-refractivity contribution in [1.29, 1.82) is 0 Å². The summed E-state index contributed by atoms with van der Waals surface area (Å²) in [6, 6.07) is 0.496. The highest BCUT2D eigenvalue weighted by atomic mass is 16.5. The molecule has 5 heteroatoms. The predicted molar refractivity (Wildman–Crippen MR) is 59.4 cm³/mol. The van der Waals surface area contributed by atoms with Gasteiger partial charge in [0, 0.05) is 19.7 Å². The maximum absolute atomic E-state index is 5.58. The summed E-state index contributed by atoms with van der Waals surface area (Å²) in [5, 5.41) is 0. The van der Waals surface area contributed by atoms with Crippen molar-refractivity contribution >= 4 is 5.96 Å². The minimum absolute atomic E-state index is 0.255. The van der Waals surface area contributed by atoms with Gasteiger partial charge in [-0.2, -0.15) is 0 Å². The average Bonchev–Trinajstić information content (AvgIpc) is 3.02. The summed E-state index contributed by atoms with van der Waals surface area (Å²) >= 11 is 0. The van der Waals surface area contributed by atoms with Gasteiger partial charge in [0.2, 0.25) is 5.96 Å². The van der Waals surface area contributed by atoms with Gasteiger partial charge in [-0.25, -0.2) is 10.8 Å². The highest BCUT2D eigenvalue weighted by Crippen LogP contribution is 2.23. The molecule has 1 aliphatic carbocycles. The van der Waals surface area contributed by atoms with Crippen LogP contribution in [-0.4, -0.2) is 42.7 Å². The first kappa shape index (κ1) is 10.7. The van der Waals surface area contributed by atoms with Crippen LogP contribution in [-0.2, 0) is 4.74 Å². The fraction of sp³-hybridized carbons (Fsp3) is 0.900. The van der Waals surface area contributed by atoms with Crippen molar-refractivity contribution in [3.8, 4) is 0 Å². The Hall–Kier alpha value is -0.810. The van der Waals surface area contributed by atoms with Gasteiger partial charge in [-0.1, -0.05) is 0 Å². The average molecular weight is 212 g/mol. The van der Waals surface area contributed by atoms with Crippen LogP contribution < -0.4 is 11.3 Å². The van der Waals surface area contributed by atoms with E-state index in [1.54, 1.807) is 0 Å². The lowest BCUT2D eigenvalue weighted by Crippen LogP contribution is -2.47. The van der Waals surface area contributed by atoms with E-state index in [2.05, 4.69) is 22.2 Å². The van der Waals surface area contributed by atoms with Crippen LogP contribution in [0, 0.1) is 0 Å². The molecule has 5 nitrogen and oxygen atoms in total. The Morgan fingerprint density at radius 2 is 2.33 bits per heavy atom. The van der Waals surface area contributed by atoms with Gasteiger partial charge in [0.15, 0.2) is 0 Å². The SMILES string of the molecule is CC1CN(C(=NC2CC2)NN)CCCO1. The van der Waals surface area contributed by atoms with Crippen LogP contribution in [0.3, 0.4) is 0 Å². The maximum Gasteiger partial charge on any atom is 0.208 e. The van der Waals surface area contributed by atoms with E-state index in [0.29, 0.717) is 6.04 Å². The zero-order valence-corrected chi connectivity index (χ0v) is 9.28. The molecule has 1 unspecified atom stereocenters. The van der Waals surface area contributed by atoms with Crippen LogP contribution in [0.4, 0.5) is 0 Å². The van der Waals surface area contributed by atoms with Crippen molar-refractivity contribution in [2.75, 3.05) is 19.7 Å². The summed E-state index contributed by atoms with van der Waals surface area (Å²) in [7, 11) is 0. The van der Waals surface area contributed by atoms with Gasteiger partial charge in [0.05, 0.1) is 12.1 Å². The van der Waals surface area contributed by atoms with Crippen LogP contribution in [0.5, 0.6) is 0 Å². The topological polar surface area (TPSA) is 62.9 Å². The number of nitrogens with zero attached hydrogens (tertiary/aromatic N) is 2. The summed E-state index contributed by atoms with van der Waals surface area (Å²) in [5.41, 5.74) is 2.71. The normalized spacial score (nSPS) is 28.8. The number of hydrogen-bond donors (Lipinski definition) is 2. The van der Waals surface area contributed by atoms with Crippen molar-refractivity contribution in [1.82, 2.24) is 10.3 Å².